The van der Waals surface area contributed by atoms with Gasteiger partial charge in [0.1, 0.15) is 6.10 Å². The number of likely N-dealkylation sites (tertiary alicyclic amines) is 1. The number of piperidine rings is 1. The lowest BCUT2D eigenvalue weighted by Gasteiger charge is -2.60. The number of hydrogen-bond donors (Lipinski definition) is 0. The van der Waals surface area contributed by atoms with Gasteiger partial charge >= 0.3 is 11.9 Å². The molecule has 1 fully saturated rings. The van der Waals surface area contributed by atoms with Crippen molar-refractivity contribution in [1.82, 2.24) is 4.90 Å². The number of nitrogens with zero attached hydrogens (tertiary/aromatic N) is 1. The van der Waals surface area contributed by atoms with Crippen molar-refractivity contribution >= 4 is 11.9 Å². The van der Waals surface area contributed by atoms with E-state index in [9.17, 15) is 9.59 Å². The van der Waals surface area contributed by atoms with Gasteiger partial charge in [0.05, 0.1) is 18.7 Å². The Morgan fingerprint density at radius 3 is 2.29 bits per heavy atom. The summed E-state index contributed by atoms with van der Waals surface area (Å²) in [5.41, 5.74) is 0.0309. The third kappa shape index (κ3) is 4.40. The first kappa shape index (κ1) is 22.4. The first-order valence-electron chi connectivity index (χ1n) is 10.4. The van der Waals surface area contributed by atoms with E-state index in [1.807, 2.05) is 25.1 Å². The molecule has 1 aromatic carbocycles. The topological polar surface area (TPSA) is 55.8 Å². The first-order valence-corrected chi connectivity index (χ1v) is 10.4. The zero-order chi connectivity index (χ0) is 20.9. The Morgan fingerprint density at radius 1 is 1.11 bits per heavy atom. The Balaban J connectivity index is 2.30. The molecule has 1 aromatic rings. The van der Waals surface area contributed by atoms with Gasteiger partial charge < -0.3 is 9.47 Å². The number of ether oxygens (including phenoxy) is 2. The van der Waals surface area contributed by atoms with E-state index in [2.05, 4.69) is 39.5 Å². The number of hydrogen-bond acceptors (Lipinski definition) is 5. The van der Waals surface area contributed by atoms with E-state index in [-0.39, 0.29) is 41.6 Å². The Bertz CT molecular complexity index is 676. The van der Waals surface area contributed by atoms with Crippen LogP contribution in [0.5, 0.6) is 0 Å². The lowest BCUT2D eigenvalue weighted by molar-refractivity contribution is -0.166. The second kappa shape index (κ2) is 9.08. The zero-order valence-corrected chi connectivity index (χ0v) is 18.2. The van der Waals surface area contributed by atoms with Crippen molar-refractivity contribution < 1.29 is 19.1 Å². The number of esters is 2. The van der Waals surface area contributed by atoms with Gasteiger partial charge in [-0.15, -0.1) is 0 Å². The minimum atomic E-state index is -0.284. The number of carbonyl (C=O) groups excluding carboxylic acids is 2. The molecule has 1 saturated heterocycles. The Kier molecular flexibility index (Phi) is 7.27. The predicted octanol–water partition coefficient (Wildman–Crippen LogP) is 4.45. The molecule has 1 aliphatic rings. The van der Waals surface area contributed by atoms with Crippen molar-refractivity contribution in [2.45, 2.75) is 78.0 Å². The maximum atomic E-state index is 12.7. The Hall–Kier alpha value is -1.88. The van der Waals surface area contributed by atoms with E-state index in [4.69, 9.17) is 9.47 Å². The summed E-state index contributed by atoms with van der Waals surface area (Å²) in [7, 11) is 0. The number of benzene rings is 1. The van der Waals surface area contributed by atoms with Crippen molar-refractivity contribution in [3.05, 3.63) is 35.9 Å². The van der Waals surface area contributed by atoms with Crippen LogP contribution in [0.25, 0.3) is 0 Å². The van der Waals surface area contributed by atoms with Crippen LogP contribution in [0.3, 0.4) is 0 Å². The van der Waals surface area contributed by atoms with Crippen LogP contribution in [-0.2, 0) is 14.3 Å². The molecule has 2 rings (SSSR count). The molecule has 0 N–H and O–H groups in total. The molecule has 156 valence electrons. The molecule has 0 spiro atoms. The third-order valence-electron chi connectivity index (χ3n) is 6.79. The van der Waals surface area contributed by atoms with Gasteiger partial charge in [0.25, 0.3) is 0 Å². The van der Waals surface area contributed by atoms with Crippen molar-refractivity contribution in [3.8, 4) is 0 Å². The summed E-state index contributed by atoms with van der Waals surface area (Å²) in [5, 5.41) is 0. The molecule has 1 aliphatic heterocycles. The van der Waals surface area contributed by atoms with Crippen LogP contribution in [-0.4, -0.2) is 47.2 Å². The highest BCUT2D eigenvalue weighted by Gasteiger charge is 2.54. The van der Waals surface area contributed by atoms with E-state index < -0.39 is 0 Å². The zero-order valence-electron chi connectivity index (χ0n) is 18.2. The van der Waals surface area contributed by atoms with Gasteiger partial charge in [-0.3, -0.25) is 9.69 Å². The van der Waals surface area contributed by atoms with Crippen LogP contribution in [0.1, 0.15) is 71.2 Å². The highest BCUT2D eigenvalue weighted by Crippen LogP contribution is 2.46. The smallest absolute Gasteiger partial charge is 0.338 e. The largest absolute Gasteiger partial charge is 0.465 e. The standard InChI is InChI=1S/C23H35NO4/c1-7-22(5)15-19(28-21(26)18-13-11-10-12-14-18)17(4)23(6,8-2)24(22)16-20(25)27-9-3/h10-14,17,19H,7-9,15-16H2,1-6H3. The fourth-order valence-corrected chi connectivity index (χ4v) is 4.46. The number of rotatable bonds is 7. The maximum Gasteiger partial charge on any atom is 0.338 e. The molecule has 4 unspecified atom stereocenters. The summed E-state index contributed by atoms with van der Waals surface area (Å²) in [6, 6.07) is 9.12. The maximum absolute atomic E-state index is 12.7. The van der Waals surface area contributed by atoms with Crippen LogP contribution in [0.15, 0.2) is 30.3 Å². The van der Waals surface area contributed by atoms with Crippen LogP contribution in [0.2, 0.25) is 0 Å². The van der Waals surface area contributed by atoms with Crippen LogP contribution in [0.4, 0.5) is 0 Å². The van der Waals surface area contributed by atoms with E-state index in [1.165, 1.54) is 0 Å². The molecular weight excluding hydrogens is 354 g/mol. The fraction of sp³-hybridized carbons (Fsp3) is 0.652. The van der Waals surface area contributed by atoms with Gasteiger partial charge in [-0.1, -0.05) is 39.0 Å². The molecule has 1 heterocycles. The van der Waals surface area contributed by atoms with Gasteiger partial charge in [0.2, 0.25) is 0 Å². The molecular formula is C23H35NO4. The van der Waals surface area contributed by atoms with Crippen molar-refractivity contribution in [2.24, 2.45) is 5.92 Å². The average Bonchev–Trinajstić information content (AvgIpc) is 2.70. The summed E-state index contributed by atoms with van der Waals surface area (Å²) in [4.78, 5) is 27.3. The molecule has 28 heavy (non-hydrogen) atoms. The van der Waals surface area contributed by atoms with Crippen molar-refractivity contribution in [1.29, 1.82) is 0 Å². The lowest BCUT2D eigenvalue weighted by Crippen LogP contribution is -2.69. The molecule has 0 radical (unpaired) electrons. The Morgan fingerprint density at radius 2 is 1.75 bits per heavy atom. The first-order chi connectivity index (χ1) is 13.2. The molecule has 0 amide bonds. The normalized spacial score (nSPS) is 30.6. The second-order valence-corrected chi connectivity index (χ2v) is 8.25. The van der Waals surface area contributed by atoms with E-state index in [1.54, 1.807) is 12.1 Å². The van der Waals surface area contributed by atoms with Crippen molar-refractivity contribution in [3.63, 3.8) is 0 Å². The summed E-state index contributed by atoms with van der Waals surface area (Å²) < 4.78 is 11.2. The van der Waals surface area contributed by atoms with E-state index >= 15 is 0 Å². The average molecular weight is 390 g/mol. The highest BCUT2D eigenvalue weighted by molar-refractivity contribution is 5.89. The summed E-state index contributed by atoms with van der Waals surface area (Å²) in [6.07, 6.45) is 2.19. The molecule has 5 heteroatoms. The summed E-state index contributed by atoms with van der Waals surface area (Å²) in [6.45, 7) is 13.2. The highest BCUT2D eigenvalue weighted by atomic mass is 16.5. The predicted molar refractivity (Wildman–Crippen MR) is 110 cm³/mol. The number of carbonyl (C=O) groups is 2. The molecule has 0 aromatic heterocycles. The minimum Gasteiger partial charge on any atom is -0.465 e. The Labute approximate surface area is 169 Å². The van der Waals surface area contributed by atoms with Crippen LogP contribution < -0.4 is 0 Å². The van der Waals surface area contributed by atoms with E-state index in [0.29, 0.717) is 18.6 Å². The van der Waals surface area contributed by atoms with Crippen molar-refractivity contribution in [2.75, 3.05) is 13.2 Å². The molecule has 0 saturated carbocycles. The van der Waals surface area contributed by atoms with Gasteiger partial charge in [0.15, 0.2) is 0 Å². The lowest BCUT2D eigenvalue weighted by atomic mass is 9.68. The van der Waals surface area contributed by atoms with E-state index in [0.717, 1.165) is 12.8 Å². The molecule has 0 aliphatic carbocycles. The molecule has 4 atom stereocenters. The third-order valence-corrected chi connectivity index (χ3v) is 6.79. The molecule has 0 bridgehead atoms. The SMILES string of the molecule is CCOC(=O)CN1C(C)(CC)CC(OC(=O)c2ccccc2)C(C)C1(C)CC. The van der Waals surface area contributed by atoms with Gasteiger partial charge in [-0.05, 0) is 45.7 Å². The quantitative estimate of drug-likeness (QED) is 0.645. The fourth-order valence-electron chi connectivity index (χ4n) is 4.46. The molecule has 5 nitrogen and oxygen atoms in total. The van der Waals surface area contributed by atoms with Crippen LogP contribution in [0, 0.1) is 5.92 Å². The minimum absolute atomic E-state index is 0.0826. The van der Waals surface area contributed by atoms with Gasteiger partial charge in [-0.2, -0.15) is 0 Å². The summed E-state index contributed by atoms with van der Waals surface area (Å²) in [5.74, 6) is -0.402. The van der Waals surface area contributed by atoms with Gasteiger partial charge in [0, 0.05) is 23.4 Å². The van der Waals surface area contributed by atoms with Gasteiger partial charge in [-0.25, -0.2) is 4.79 Å². The van der Waals surface area contributed by atoms with Crippen LogP contribution >= 0.6 is 0 Å². The second-order valence-electron chi connectivity index (χ2n) is 8.25. The monoisotopic (exact) mass is 389 g/mol. The summed E-state index contributed by atoms with van der Waals surface area (Å²) >= 11 is 0.